The molecule has 0 saturated carbocycles. The van der Waals surface area contributed by atoms with Crippen molar-refractivity contribution in [3.05, 3.63) is 127 Å². The number of ether oxygens (including phenoxy) is 1. The molecule has 2 N–H and O–H groups in total. The number of anilines is 1. The van der Waals surface area contributed by atoms with Gasteiger partial charge < -0.3 is 19.5 Å². The number of furan rings is 1. The Morgan fingerprint density at radius 2 is 1.48 bits per heavy atom. The van der Waals surface area contributed by atoms with Crippen LogP contribution in [0.15, 0.2) is 126 Å². The van der Waals surface area contributed by atoms with Gasteiger partial charge in [0.05, 0.1) is 16.7 Å². The Morgan fingerprint density at radius 3 is 2.42 bits per heavy atom. The van der Waals surface area contributed by atoms with Gasteiger partial charge in [-0.15, -0.1) is 0 Å². The van der Waals surface area contributed by atoms with Gasteiger partial charge in [-0.2, -0.15) is 0 Å². The maximum absolute atomic E-state index is 6.68. The van der Waals surface area contributed by atoms with Crippen molar-refractivity contribution in [3.63, 3.8) is 0 Å². The average molecular weight is 517 g/mol. The molecule has 4 nitrogen and oxygen atoms in total. The molecule has 2 aliphatic rings. The van der Waals surface area contributed by atoms with Gasteiger partial charge in [0.1, 0.15) is 23.0 Å². The number of hydrogen-bond donors (Lipinski definition) is 1. The van der Waals surface area contributed by atoms with Crippen molar-refractivity contribution in [2.45, 2.75) is 12.0 Å². The number of nitrogens with zero attached hydrogens (tertiary/aromatic N) is 1. The number of nitrogen functional groups attached to an aromatic ring is 1. The van der Waals surface area contributed by atoms with Crippen molar-refractivity contribution in [1.29, 1.82) is 0 Å². The molecule has 1 aliphatic carbocycles. The third kappa shape index (κ3) is 2.90. The summed E-state index contributed by atoms with van der Waals surface area (Å²) in [5.41, 5.74) is 15.4. The number of benzene rings is 5. The number of rotatable bonds is 2. The molecule has 2 atom stereocenters. The number of allylic oxidation sites excluding steroid dienone is 2. The van der Waals surface area contributed by atoms with Crippen LogP contribution in [0.5, 0.6) is 5.75 Å². The van der Waals surface area contributed by atoms with Gasteiger partial charge in [-0.3, -0.25) is 0 Å². The van der Waals surface area contributed by atoms with Gasteiger partial charge in [0, 0.05) is 44.3 Å². The van der Waals surface area contributed by atoms with E-state index in [2.05, 4.69) is 108 Å². The number of nitrogens with two attached hydrogens (primary N) is 1. The molecular formula is C36H24N2O2. The fourth-order valence-corrected chi connectivity index (χ4v) is 6.67. The predicted octanol–water partition coefficient (Wildman–Crippen LogP) is 8.90. The number of fused-ring (bicyclic) bond motifs is 10. The first-order chi connectivity index (χ1) is 19.7. The summed E-state index contributed by atoms with van der Waals surface area (Å²) in [7, 11) is 0. The lowest BCUT2D eigenvalue weighted by Crippen LogP contribution is -2.15. The van der Waals surface area contributed by atoms with Crippen LogP contribution < -0.4 is 10.5 Å². The minimum absolute atomic E-state index is 0.0246. The van der Waals surface area contributed by atoms with Gasteiger partial charge >= 0.3 is 0 Å². The summed E-state index contributed by atoms with van der Waals surface area (Å²) in [5.74, 6) is 1.21. The van der Waals surface area contributed by atoms with Crippen molar-refractivity contribution < 1.29 is 9.15 Å². The number of aromatic nitrogens is 1. The summed E-state index contributed by atoms with van der Waals surface area (Å²) < 4.78 is 15.2. The van der Waals surface area contributed by atoms with Crippen LogP contribution in [0, 0.1) is 0 Å². The Labute approximate surface area is 230 Å². The molecular weight excluding hydrogens is 492 g/mol. The average Bonchev–Trinajstić information content (AvgIpc) is 3.66. The van der Waals surface area contributed by atoms with Crippen LogP contribution in [-0.4, -0.2) is 10.7 Å². The van der Waals surface area contributed by atoms with E-state index in [0.717, 1.165) is 61.2 Å². The summed E-state index contributed by atoms with van der Waals surface area (Å²) >= 11 is 0. The zero-order valence-electron chi connectivity index (χ0n) is 21.5. The topological polar surface area (TPSA) is 53.3 Å². The molecule has 1 aliphatic heterocycles. The lowest BCUT2D eigenvalue weighted by Gasteiger charge is -2.16. The Hall–Kier alpha value is -5.22. The molecule has 0 radical (unpaired) electrons. The normalized spacial score (nSPS) is 17.6. The van der Waals surface area contributed by atoms with Crippen molar-refractivity contribution in [2.24, 2.45) is 0 Å². The predicted molar refractivity (Wildman–Crippen MR) is 163 cm³/mol. The SMILES string of the molecule is Nc1ccc2oc3ccc(-c4ccccc4-n4c5ccccc5c5ccc6c(c54)OC4C=CC=CC64)cc3c2c1. The Morgan fingerprint density at radius 1 is 0.675 bits per heavy atom. The molecule has 0 spiro atoms. The van der Waals surface area contributed by atoms with Crippen molar-refractivity contribution in [3.8, 4) is 22.6 Å². The molecule has 9 rings (SSSR count). The van der Waals surface area contributed by atoms with Gasteiger partial charge in [0.2, 0.25) is 0 Å². The summed E-state index contributed by atoms with van der Waals surface area (Å²) in [6.07, 6.45) is 8.64. The lowest BCUT2D eigenvalue weighted by molar-refractivity contribution is 0.271. The standard InChI is InChI=1S/C36H24N2O2/c37-22-14-18-34-29(20-22)28-19-21(13-17-33(28)39-34)23-7-1-4-10-30(23)38-31-11-5-2-8-24(31)26-15-16-27-25-9-3-6-12-32(25)40-36(27)35(26)38/h1-20,25,32H,37H2. The zero-order chi connectivity index (χ0) is 26.4. The van der Waals surface area contributed by atoms with E-state index in [9.17, 15) is 0 Å². The largest absolute Gasteiger partial charge is 0.483 e. The van der Waals surface area contributed by atoms with Crippen molar-refractivity contribution >= 4 is 49.4 Å². The van der Waals surface area contributed by atoms with Crippen LogP contribution in [0.3, 0.4) is 0 Å². The van der Waals surface area contributed by atoms with Gasteiger partial charge in [-0.05, 0) is 54.1 Å². The zero-order valence-corrected chi connectivity index (χ0v) is 21.5. The van der Waals surface area contributed by atoms with E-state index >= 15 is 0 Å². The molecule has 190 valence electrons. The summed E-state index contributed by atoms with van der Waals surface area (Å²) in [4.78, 5) is 0. The highest BCUT2D eigenvalue weighted by atomic mass is 16.5. The summed E-state index contributed by atoms with van der Waals surface area (Å²) in [5, 5.41) is 4.50. The van der Waals surface area contributed by atoms with Crippen LogP contribution >= 0.6 is 0 Å². The van der Waals surface area contributed by atoms with E-state index in [-0.39, 0.29) is 12.0 Å². The Bertz CT molecular complexity index is 2230. The van der Waals surface area contributed by atoms with Crippen LogP contribution in [0.25, 0.3) is 60.6 Å². The fourth-order valence-electron chi connectivity index (χ4n) is 6.67. The molecule has 0 amide bonds. The maximum atomic E-state index is 6.68. The Balaban J connectivity index is 1.34. The number of hydrogen-bond acceptors (Lipinski definition) is 3. The molecule has 3 heterocycles. The number of para-hydroxylation sites is 2. The third-order valence-electron chi connectivity index (χ3n) is 8.47. The molecule has 7 aromatic rings. The third-order valence-corrected chi connectivity index (χ3v) is 8.47. The Kier molecular flexibility index (Phi) is 4.28. The summed E-state index contributed by atoms with van der Waals surface area (Å²) in [6, 6.07) is 34.0. The van der Waals surface area contributed by atoms with Gasteiger partial charge in [0.15, 0.2) is 0 Å². The van der Waals surface area contributed by atoms with Crippen LogP contribution in [0.1, 0.15) is 11.5 Å². The monoisotopic (exact) mass is 516 g/mol. The molecule has 2 unspecified atom stereocenters. The molecule has 0 fully saturated rings. The fraction of sp³-hybridized carbons (Fsp3) is 0.0556. The van der Waals surface area contributed by atoms with Crippen LogP contribution in [0.2, 0.25) is 0 Å². The second-order valence-electron chi connectivity index (χ2n) is 10.7. The van der Waals surface area contributed by atoms with Crippen LogP contribution in [-0.2, 0) is 0 Å². The highest BCUT2D eigenvalue weighted by Gasteiger charge is 2.35. The van der Waals surface area contributed by atoms with Crippen molar-refractivity contribution in [1.82, 2.24) is 4.57 Å². The van der Waals surface area contributed by atoms with E-state index in [1.165, 1.54) is 16.3 Å². The van der Waals surface area contributed by atoms with E-state index in [4.69, 9.17) is 14.9 Å². The van der Waals surface area contributed by atoms with Crippen molar-refractivity contribution in [2.75, 3.05) is 5.73 Å². The minimum atomic E-state index is 0.0246. The highest BCUT2D eigenvalue weighted by Crippen LogP contribution is 2.49. The molecule has 2 aromatic heterocycles. The van der Waals surface area contributed by atoms with E-state index in [1.54, 1.807) is 0 Å². The van der Waals surface area contributed by atoms with E-state index in [1.807, 2.05) is 18.2 Å². The summed E-state index contributed by atoms with van der Waals surface area (Å²) in [6.45, 7) is 0. The quantitative estimate of drug-likeness (QED) is 0.233. The first-order valence-corrected chi connectivity index (χ1v) is 13.6. The lowest BCUT2D eigenvalue weighted by atomic mass is 9.91. The van der Waals surface area contributed by atoms with E-state index in [0.29, 0.717) is 0 Å². The molecule has 4 heteroatoms. The van der Waals surface area contributed by atoms with Crippen LogP contribution in [0.4, 0.5) is 5.69 Å². The molecule has 0 saturated heterocycles. The van der Waals surface area contributed by atoms with Gasteiger partial charge in [-0.25, -0.2) is 0 Å². The van der Waals surface area contributed by atoms with Gasteiger partial charge in [-0.1, -0.05) is 72.8 Å². The smallest absolute Gasteiger partial charge is 0.148 e. The highest BCUT2D eigenvalue weighted by molar-refractivity contribution is 6.13. The van der Waals surface area contributed by atoms with E-state index < -0.39 is 0 Å². The maximum Gasteiger partial charge on any atom is 0.148 e. The molecule has 40 heavy (non-hydrogen) atoms. The first-order valence-electron chi connectivity index (χ1n) is 13.6. The second kappa shape index (κ2) is 7.90. The molecule has 0 bridgehead atoms. The van der Waals surface area contributed by atoms with Gasteiger partial charge in [0.25, 0.3) is 0 Å². The first kappa shape index (κ1) is 21.7. The second-order valence-corrected chi connectivity index (χ2v) is 10.7. The molecule has 5 aromatic carbocycles. The minimum Gasteiger partial charge on any atom is -0.483 e.